The van der Waals surface area contributed by atoms with Crippen molar-refractivity contribution in [1.82, 2.24) is 9.71 Å². The van der Waals surface area contributed by atoms with Crippen LogP contribution in [-0.4, -0.2) is 47.3 Å². The highest BCUT2D eigenvalue weighted by atomic mass is 32.2. The maximum absolute atomic E-state index is 14.7. The topological polar surface area (TPSA) is 122 Å². The average Bonchev–Trinajstić information content (AvgIpc) is 3.52. The highest BCUT2D eigenvalue weighted by molar-refractivity contribution is 7.95. The maximum atomic E-state index is 14.7. The smallest absolute Gasteiger partial charge is 0.331 e. The fourth-order valence-electron chi connectivity index (χ4n) is 4.30. The Morgan fingerprint density at radius 2 is 1.83 bits per heavy atom. The van der Waals surface area contributed by atoms with E-state index >= 15 is 0 Å². The zero-order chi connectivity index (χ0) is 30.2. The van der Waals surface area contributed by atoms with Crippen LogP contribution in [-0.2, 0) is 32.5 Å². The van der Waals surface area contributed by atoms with Crippen LogP contribution < -0.4 is 14.8 Å². The Labute approximate surface area is 249 Å². The number of aryl methyl sites for hydroxylation is 1. The quantitative estimate of drug-likeness (QED) is 0.266. The molecule has 2 amide bonds. The molecule has 222 valence electrons. The zero-order valence-corrected chi connectivity index (χ0v) is 28.3. The molecule has 3 aromatic rings. The largest absolute Gasteiger partial charge is 0.481 e. The van der Waals surface area contributed by atoms with Gasteiger partial charge in [-0.2, -0.15) is 4.36 Å². The van der Waals surface area contributed by atoms with Crippen molar-refractivity contribution in [3.05, 3.63) is 53.7 Å². The van der Waals surface area contributed by atoms with Gasteiger partial charge in [-0.3, -0.25) is 4.03 Å². The minimum atomic E-state index is -3.40. The maximum Gasteiger partial charge on any atom is 0.331 e. The Bertz CT molecular complexity index is 1720. The molecule has 1 unspecified atom stereocenters. The number of pyridine rings is 1. The second-order valence-electron chi connectivity index (χ2n) is 11.9. The zero-order valence-electron chi connectivity index (χ0n) is 24.9. The number of aromatic nitrogens is 1. The molecule has 0 aliphatic heterocycles. The lowest BCUT2D eigenvalue weighted by Gasteiger charge is -2.33. The summed E-state index contributed by atoms with van der Waals surface area (Å²) >= 11 is 1.13. The van der Waals surface area contributed by atoms with Crippen molar-refractivity contribution >= 4 is 55.9 Å². The van der Waals surface area contributed by atoms with Gasteiger partial charge in [0.2, 0.25) is 5.88 Å². The van der Waals surface area contributed by atoms with Crippen molar-refractivity contribution in [3.8, 4) is 17.0 Å². The Balaban J connectivity index is 1.79. The Morgan fingerprint density at radius 1 is 1.10 bits per heavy atom. The van der Waals surface area contributed by atoms with Crippen molar-refractivity contribution in [2.24, 2.45) is 8.39 Å². The molecule has 41 heavy (non-hydrogen) atoms. The van der Waals surface area contributed by atoms with Gasteiger partial charge in [0.25, 0.3) is 0 Å². The number of carbonyl (C=O) groups is 1. The van der Waals surface area contributed by atoms with Gasteiger partial charge in [0.1, 0.15) is 9.21 Å². The minimum absolute atomic E-state index is 0.215. The van der Waals surface area contributed by atoms with E-state index in [9.17, 15) is 13.2 Å². The Hall–Kier alpha value is -2.74. The third-order valence-electron chi connectivity index (χ3n) is 7.35. The third kappa shape index (κ3) is 7.19. The molecule has 1 atom stereocenters. The van der Waals surface area contributed by atoms with Crippen LogP contribution >= 0.6 is 11.3 Å². The number of amides is 2. The minimum Gasteiger partial charge on any atom is -0.481 e. The van der Waals surface area contributed by atoms with Gasteiger partial charge in [-0.15, -0.1) is 11.3 Å². The number of nitrogens with one attached hydrogen (secondary N) is 2. The van der Waals surface area contributed by atoms with Gasteiger partial charge in [-0.05, 0) is 72.3 Å². The molecular weight excluding hydrogens is 595 g/mol. The van der Waals surface area contributed by atoms with Crippen molar-refractivity contribution in [3.63, 3.8) is 0 Å². The number of fused-ring (bicyclic) bond motifs is 1. The van der Waals surface area contributed by atoms with E-state index in [1.54, 1.807) is 38.0 Å². The number of nitrogens with zero attached hydrogens (tertiary/aromatic N) is 3. The molecule has 0 saturated heterocycles. The predicted octanol–water partition coefficient (Wildman–Crippen LogP) is 7.24. The molecule has 0 fully saturated rings. The number of anilines is 1. The molecule has 1 aliphatic carbocycles. The lowest BCUT2D eigenvalue weighted by molar-refractivity contribution is 0.257. The first kappa shape index (κ1) is 31.2. The van der Waals surface area contributed by atoms with Crippen LogP contribution in [0.1, 0.15) is 38.3 Å². The molecular formula is C28H39N5O4S3Si. The van der Waals surface area contributed by atoms with Gasteiger partial charge in [0.05, 0.1) is 12.8 Å². The first-order valence-electron chi connectivity index (χ1n) is 13.3. The van der Waals surface area contributed by atoms with Crippen LogP contribution in [0, 0.1) is 0 Å². The normalized spacial score (nSPS) is 15.0. The first-order chi connectivity index (χ1) is 19.0. The van der Waals surface area contributed by atoms with E-state index < -0.39 is 33.9 Å². The van der Waals surface area contributed by atoms with Crippen LogP contribution in [0.15, 0.2) is 55.2 Å². The summed E-state index contributed by atoms with van der Waals surface area (Å²) in [6, 6.07) is 10.5. The van der Waals surface area contributed by atoms with Crippen molar-refractivity contribution in [2.45, 2.75) is 62.4 Å². The molecule has 2 aromatic heterocycles. The summed E-state index contributed by atoms with van der Waals surface area (Å²) in [5, 5.41) is 3.30. The summed E-state index contributed by atoms with van der Waals surface area (Å²) in [5.41, 5.74) is 4.61. The number of carbonyl (C=O) groups excluding carboxylic acids is 1. The number of rotatable bonds is 7. The molecule has 2 heterocycles. The van der Waals surface area contributed by atoms with Crippen LogP contribution in [0.25, 0.3) is 11.1 Å². The number of benzene rings is 1. The molecule has 13 heteroatoms. The standard InChI is InChI=1S/C28H39N5O4S3Si/c1-28(2,3)41(7,8)33-40(36,25-15-14-24(38-25)31-39(5,6)35)32-27(34)30-26-21-11-9-10-19(21)12-13-22(26)20-16-17-29-23(18-20)37-4/h12-18H,9-11H2,1-8H3,(H2,30,32,33,34,36). The first-order valence-corrected chi connectivity index (χ1v) is 20.9. The fraction of sp³-hybridized carbons (Fsp3) is 0.429. The molecule has 0 saturated carbocycles. The summed E-state index contributed by atoms with van der Waals surface area (Å²) in [6.45, 7) is 10.3. The van der Waals surface area contributed by atoms with E-state index in [1.165, 1.54) is 5.56 Å². The molecule has 0 bridgehead atoms. The third-order valence-corrected chi connectivity index (χ3v) is 17.5. The summed E-state index contributed by atoms with van der Waals surface area (Å²) < 4.78 is 44.6. The van der Waals surface area contributed by atoms with Crippen LogP contribution in [0.5, 0.6) is 5.88 Å². The lowest BCUT2D eigenvalue weighted by atomic mass is 9.98. The van der Waals surface area contributed by atoms with Crippen molar-refractivity contribution < 1.29 is 17.9 Å². The van der Waals surface area contributed by atoms with Crippen LogP contribution in [0.2, 0.25) is 18.1 Å². The molecule has 0 spiro atoms. The van der Waals surface area contributed by atoms with E-state index in [0.29, 0.717) is 20.8 Å². The van der Waals surface area contributed by atoms with Gasteiger partial charge in [-0.1, -0.05) is 32.9 Å². The second kappa shape index (κ2) is 11.5. The second-order valence-corrected chi connectivity index (χ2v) is 22.8. The SMILES string of the molecule is COc1cc(-c2ccc3c(c2NC(=O)NS(=O)(=N[Si](C)(C)C(C)(C)C)c2ccc(N=S(C)(C)=O)s2)CCC3)ccn1. The number of methoxy groups -OCH3 is 1. The van der Waals surface area contributed by atoms with E-state index in [0.717, 1.165) is 47.3 Å². The predicted molar refractivity (Wildman–Crippen MR) is 173 cm³/mol. The van der Waals surface area contributed by atoms with Crippen LogP contribution in [0.3, 0.4) is 0 Å². The highest BCUT2D eigenvalue weighted by Gasteiger charge is 2.38. The van der Waals surface area contributed by atoms with E-state index in [1.807, 2.05) is 31.3 Å². The van der Waals surface area contributed by atoms with E-state index in [-0.39, 0.29) is 5.04 Å². The van der Waals surface area contributed by atoms with Crippen molar-refractivity contribution in [2.75, 3.05) is 24.9 Å². The summed E-state index contributed by atoms with van der Waals surface area (Å²) in [5.74, 6) is 0.469. The molecule has 2 N–H and O–H groups in total. The summed E-state index contributed by atoms with van der Waals surface area (Å²) in [7, 11) is -6.76. The van der Waals surface area contributed by atoms with Gasteiger partial charge < -0.3 is 10.1 Å². The van der Waals surface area contributed by atoms with E-state index in [4.69, 9.17) is 8.77 Å². The van der Waals surface area contributed by atoms with Gasteiger partial charge >= 0.3 is 6.03 Å². The number of urea groups is 1. The molecule has 1 aliphatic rings. The number of thiophene rings is 1. The van der Waals surface area contributed by atoms with E-state index in [2.05, 4.69) is 46.2 Å². The number of ether oxygens (including phenoxy) is 1. The molecule has 9 nitrogen and oxygen atoms in total. The highest BCUT2D eigenvalue weighted by Crippen LogP contribution is 2.40. The van der Waals surface area contributed by atoms with Crippen LogP contribution in [0.4, 0.5) is 15.5 Å². The Morgan fingerprint density at radius 3 is 2.49 bits per heavy atom. The van der Waals surface area contributed by atoms with Crippen molar-refractivity contribution in [1.29, 1.82) is 0 Å². The average molecular weight is 634 g/mol. The molecule has 4 rings (SSSR count). The fourth-order valence-corrected chi connectivity index (χ4v) is 12.0. The monoisotopic (exact) mass is 633 g/mol. The van der Waals surface area contributed by atoms with Gasteiger partial charge in [0.15, 0.2) is 18.2 Å². The van der Waals surface area contributed by atoms with Gasteiger partial charge in [-0.25, -0.2) is 22.9 Å². The van der Waals surface area contributed by atoms with Gasteiger partial charge in [0, 0.05) is 40.1 Å². The molecule has 0 radical (unpaired) electrons. The number of hydrogen-bond acceptors (Lipinski definition) is 8. The summed E-state index contributed by atoms with van der Waals surface area (Å²) in [4.78, 5) is 17.9. The Kier molecular flexibility index (Phi) is 8.75. The molecule has 1 aromatic carbocycles. The summed E-state index contributed by atoms with van der Waals surface area (Å²) in [6.07, 6.45) is 7.51. The lowest BCUT2D eigenvalue weighted by Crippen LogP contribution is -2.41. The number of hydrogen-bond donors (Lipinski definition) is 2.